The second kappa shape index (κ2) is 13.0. The zero-order valence-corrected chi connectivity index (χ0v) is 28.4. The first-order chi connectivity index (χ1) is 23.5. The van der Waals surface area contributed by atoms with Crippen molar-refractivity contribution in [2.45, 2.75) is 13.8 Å². The van der Waals surface area contributed by atoms with Crippen LogP contribution in [-0.4, -0.2) is 9.97 Å². The molecule has 4 heterocycles. The summed E-state index contributed by atoms with van der Waals surface area (Å²) in [6.07, 6.45) is 8.68. The van der Waals surface area contributed by atoms with Crippen LogP contribution in [0.1, 0.15) is 33.6 Å². The average molecular weight is 653 g/mol. The lowest BCUT2D eigenvalue weighted by Gasteiger charge is -2.02. The van der Waals surface area contributed by atoms with Gasteiger partial charge in [-0.25, -0.2) is 0 Å². The molecule has 0 radical (unpaired) electrons. The van der Waals surface area contributed by atoms with Gasteiger partial charge in [0.2, 0.25) is 0 Å². The lowest BCUT2D eigenvalue weighted by molar-refractivity contribution is 1.25. The Morgan fingerprint density at radius 2 is 0.750 bits per heavy atom. The second-order valence-electron chi connectivity index (χ2n) is 12.0. The van der Waals surface area contributed by atoms with E-state index in [1.54, 1.807) is 0 Å². The molecule has 0 aliphatic rings. The molecule has 8 aromatic rings. The van der Waals surface area contributed by atoms with E-state index in [0.717, 1.165) is 33.2 Å². The van der Waals surface area contributed by atoms with Crippen LogP contribution >= 0.6 is 22.7 Å². The fourth-order valence-corrected chi connectivity index (χ4v) is 7.97. The molecule has 0 unspecified atom stereocenters. The molecular formula is C44H32N2S2. The summed E-state index contributed by atoms with van der Waals surface area (Å²) in [5.41, 5.74) is 11.4. The van der Waals surface area contributed by atoms with Gasteiger partial charge in [-0.3, -0.25) is 9.97 Å². The molecule has 230 valence electrons. The number of hydrogen-bond acceptors (Lipinski definition) is 4. The van der Waals surface area contributed by atoms with Gasteiger partial charge in [0.25, 0.3) is 0 Å². The van der Waals surface area contributed by atoms with Gasteiger partial charge in [0.1, 0.15) is 0 Å². The maximum Gasteiger partial charge on any atom is 0.0705 e. The smallest absolute Gasteiger partial charge is 0.0705 e. The molecule has 0 aliphatic carbocycles. The highest BCUT2D eigenvalue weighted by molar-refractivity contribution is 7.25. The normalized spacial score (nSPS) is 11.8. The summed E-state index contributed by atoms with van der Waals surface area (Å²) in [7, 11) is 0. The zero-order chi connectivity index (χ0) is 32.5. The summed E-state index contributed by atoms with van der Waals surface area (Å²) in [4.78, 5) is 14.4. The van der Waals surface area contributed by atoms with Crippen LogP contribution in [0.3, 0.4) is 0 Å². The monoisotopic (exact) mass is 652 g/mol. The summed E-state index contributed by atoms with van der Waals surface area (Å²) in [6, 6.07) is 47.8. The lowest BCUT2D eigenvalue weighted by atomic mass is 10.1. The largest absolute Gasteiger partial charge is 0.253 e. The molecule has 0 fully saturated rings. The Bertz CT molecular complexity index is 2280. The quantitative estimate of drug-likeness (QED) is 0.160. The van der Waals surface area contributed by atoms with Crippen LogP contribution < -0.4 is 0 Å². The maximum absolute atomic E-state index is 4.61. The minimum absolute atomic E-state index is 1.04. The Kier molecular flexibility index (Phi) is 8.11. The van der Waals surface area contributed by atoms with E-state index < -0.39 is 0 Å². The van der Waals surface area contributed by atoms with Gasteiger partial charge in [-0.1, -0.05) is 97.1 Å². The van der Waals surface area contributed by atoms with Gasteiger partial charge in [0.05, 0.1) is 11.0 Å². The highest BCUT2D eigenvalue weighted by Crippen LogP contribution is 2.40. The average Bonchev–Trinajstić information content (AvgIpc) is 3.81. The summed E-state index contributed by atoms with van der Waals surface area (Å²) in [5, 5.41) is 2.33. The van der Waals surface area contributed by atoms with Crippen LogP contribution in [0.15, 0.2) is 133 Å². The number of aryl methyl sites for hydroxylation is 2. The number of benzene rings is 4. The maximum atomic E-state index is 4.61. The molecule has 0 atom stereocenters. The third kappa shape index (κ3) is 6.54. The van der Waals surface area contributed by atoms with E-state index in [2.05, 4.69) is 168 Å². The molecule has 4 heteroatoms. The van der Waals surface area contributed by atoms with E-state index in [0.29, 0.717) is 0 Å². The van der Waals surface area contributed by atoms with Gasteiger partial charge < -0.3 is 0 Å². The first kappa shape index (κ1) is 29.9. The Hall–Kier alpha value is -5.42. The van der Waals surface area contributed by atoms with Crippen LogP contribution in [0, 0.1) is 13.8 Å². The summed E-state index contributed by atoms with van der Waals surface area (Å²) in [5.74, 6) is 0. The molecule has 0 N–H and O–H groups in total. The van der Waals surface area contributed by atoms with Gasteiger partial charge in [0, 0.05) is 41.7 Å². The van der Waals surface area contributed by atoms with Crippen LogP contribution in [-0.2, 0) is 0 Å². The fraction of sp³-hybridized carbons (Fsp3) is 0.0455. The third-order valence-electron chi connectivity index (χ3n) is 8.49. The second-order valence-corrected chi connectivity index (χ2v) is 14.2. The zero-order valence-electron chi connectivity index (χ0n) is 26.7. The lowest BCUT2D eigenvalue weighted by Crippen LogP contribution is -1.83. The van der Waals surface area contributed by atoms with Gasteiger partial charge in [-0.2, -0.15) is 0 Å². The number of aromatic nitrogens is 2. The molecular weight excluding hydrogens is 621 g/mol. The number of rotatable bonds is 7. The van der Waals surface area contributed by atoms with E-state index >= 15 is 0 Å². The molecule has 0 spiro atoms. The van der Waals surface area contributed by atoms with Crippen molar-refractivity contribution in [3.63, 3.8) is 0 Å². The summed E-state index contributed by atoms with van der Waals surface area (Å²) in [6.45, 7) is 4.05. The third-order valence-corrected chi connectivity index (χ3v) is 11.0. The number of pyridine rings is 2. The van der Waals surface area contributed by atoms with E-state index in [1.165, 1.54) is 52.9 Å². The highest BCUT2D eigenvalue weighted by atomic mass is 32.1. The molecule has 0 saturated heterocycles. The Morgan fingerprint density at radius 3 is 1.19 bits per heavy atom. The number of fused-ring (bicyclic) bond motifs is 2. The molecule has 4 aromatic carbocycles. The van der Waals surface area contributed by atoms with Crippen molar-refractivity contribution >= 4 is 68.8 Å². The van der Waals surface area contributed by atoms with E-state index in [4.69, 9.17) is 0 Å². The van der Waals surface area contributed by atoms with Crippen LogP contribution in [0.2, 0.25) is 0 Å². The molecule has 2 nitrogen and oxygen atoms in total. The Morgan fingerprint density at radius 1 is 0.375 bits per heavy atom. The topological polar surface area (TPSA) is 25.8 Å². The van der Waals surface area contributed by atoms with Gasteiger partial charge in [-0.15, -0.1) is 22.7 Å². The van der Waals surface area contributed by atoms with Crippen LogP contribution in [0.5, 0.6) is 0 Å². The van der Waals surface area contributed by atoms with Crippen molar-refractivity contribution in [2.24, 2.45) is 0 Å². The molecule has 0 bridgehead atoms. The van der Waals surface area contributed by atoms with Crippen molar-refractivity contribution < 1.29 is 0 Å². The van der Waals surface area contributed by atoms with E-state index in [1.807, 2.05) is 36.5 Å². The highest BCUT2D eigenvalue weighted by Gasteiger charge is 2.09. The predicted molar refractivity (Wildman–Crippen MR) is 209 cm³/mol. The first-order valence-corrected chi connectivity index (χ1v) is 17.7. The number of nitrogens with zero attached hydrogens (tertiary/aromatic N) is 2. The first-order valence-electron chi connectivity index (χ1n) is 16.0. The molecule has 8 rings (SSSR count). The minimum Gasteiger partial charge on any atom is -0.253 e. The molecule has 4 aromatic heterocycles. The van der Waals surface area contributed by atoms with Gasteiger partial charge in [-0.05, 0) is 108 Å². The van der Waals surface area contributed by atoms with Crippen molar-refractivity contribution in [3.05, 3.63) is 167 Å². The summed E-state index contributed by atoms with van der Waals surface area (Å²) < 4.78 is 0. The van der Waals surface area contributed by atoms with E-state index in [-0.39, 0.29) is 0 Å². The van der Waals surface area contributed by atoms with Gasteiger partial charge >= 0.3 is 0 Å². The minimum atomic E-state index is 1.04. The van der Waals surface area contributed by atoms with Crippen molar-refractivity contribution in [2.75, 3.05) is 0 Å². The predicted octanol–water partition coefficient (Wildman–Crippen LogP) is 12.9. The molecule has 0 aliphatic heterocycles. The Labute approximate surface area is 289 Å². The fourth-order valence-electron chi connectivity index (χ4n) is 5.85. The van der Waals surface area contributed by atoms with Gasteiger partial charge in [0.15, 0.2) is 0 Å². The SMILES string of the molecule is Cc1ccc2cc(C=Cc3ccc(-c4ccc(-c5ccc(-c6ccc(C=Cc7ccc8nc(C)ccc8c7)cc6)s5)s4)cc3)ccc2n1. The molecule has 0 saturated carbocycles. The Balaban J connectivity index is 0.921. The molecule has 48 heavy (non-hydrogen) atoms. The number of thiophene rings is 2. The standard InChI is InChI=1S/C44H32N2S2/c1-29-3-15-37-27-33(13-21-39(37)45-29)7-5-31-9-17-35(18-10-31)41-23-25-43(47-41)44-26-24-42(48-44)36-19-11-32(12-20-36)6-8-34-14-22-40-38(28-34)16-4-30(2)46-40/h3-28H,1-2H3. The van der Waals surface area contributed by atoms with E-state index in [9.17, 15) is 0 Å². The number of hydrogen-bond donors (Lipinski definition) is 0. The summed E-state index contributed by atoms with van der Waals surface area (Å²) >= 11 is 3.69. The van der Waals surface area contributed by atoms with Crippen molar-refractivity contribution in [1.29, 1.82) is 0 Å². The van der Waals surface area contributed by atoms with Crippen molar-refractivity contribution in [3.8, 4) is 30.6 Å². The molecule has 0 amide bonds. The van der Waals surface area contributed by atoms with Crippen LogP contribution in [0.4, 0.5) is 0 Å². The van der Waals surface area contributed by atoms with Crippen molar-refractivity contribution in [1.82, 2.24) is 9.97 Å². The van der Waals surface area contributed by atoms with Crippen LogP contribution in [0.25, 0.3) is 76.7 Å².